The molecule has 3 nitrogen and oxygen atoms in total. The average Bonchev–Trinajstić information content (AvgIpc) is 2.81. The van der Waals surface area contributed by atoms with Crippen LogP contribution in [0.4, 0.5) is 0 Å². The quantitative estimate of drug-likeness (QED) is 0.809. The number of hydrogen-bond donors (Lipinski definition) is 2. The first-order valence-electron chi connectivity index (χ1n) is 6.81. The fourth-order valence-electron chi connectivity index (χ4n) is 2.20. The summed E-state index contributed by atoms with van der Waals surface area (Å²) in [5.41, 5.74) is 2.60. The standard InChI is InChI=1S/C15H23NO2/c1-11(2)16-10-14(17)5-3-12-4-6-15-13(9-12)7-8-18-15/h4,6,9,11,14,16-17H,3,5,7-8,10H2,1-2H3. The molecule has 0 aromatic heterocycles. The predicted molar refractivity (Wildman–Crippen MR) is 73.1 cm³/mol. The number of hydrogen-bond acceptors (Lipinski definition) is 3. The maximum absolute atomic E-state index is 9.87. The average molecular weight is 249 g/mol. The molecule has 1 aromatic rings. The predicted octanol–water partition coefficient (Wildman–Crippen LogP) is 1.91. The van der Waals surface area contributed by atoms with Crippen molar-refractivity contribution in [2.75, 3.05) is 13.2 Å². The molecule has 0 radical (unpaired) electrons. The van der Waals surface area contributed by atoms with Crippen molar-refractivity contribution in [2.45, 2.75) is 45.3 Å². The molecule has 18 heavy (non-hydrogen) atoms. The lowest BCUT2D eigenvalue weighted by atomic mass is 10.0. The molecule has 1 aromatic carbocycles. The molecule has 0 spiro atoms. The Kier molecular flexibility index (Phi) is 4.61. The first-order valence-corrected chi connectivity index (χ1v) is 6.81. The minimum atomic E-state index is -0.267. The van der Waals surface area contributed by atoms with E-state index in [0.717, 1.165) is 31.6 Å². The van der Waals surface area contributed by atoms with Gasteiger partial charge in [-0.15, -0.1) is 0 Å². The lowest BCUT2D eigenvalue weighted by Gasteiger charge is -2.14. The van der Waals surface area contributed by atoms with Gasteiger partial charge in [-0.05, 0) is 30.0 Å². The van der Waals surface area contributed by atoms with Gasteiger partial charge in [-0.1, -0.05) is 26.0 Å². The second kappa shape index (κ2) is 6.21. The van der Waals surface area contributed by atoms with Crippen LogP contribution in [0.5, 0.6) is 5.75 Å². The molecule has 2 N–H and O–H groups in total. The van der Waals surface area contributed by atoms with E-state index in [1.165, 1.54) is 11.1 Å². The number of nitrogens with one attached hydrogen (secondary N) is 1. The van der Waals surface area contributed by atoms with Crippen LogP contribution in [0.2, 0.25) is 0 Å². The van der Waals surface area contributed by atoms with Gasteiger partial charge in [0.25, 0.3) is 0 Å². The van der Waals surface area contributed by atoms with Crippen LogP contribution < -0.4 is 10.1 Å². The topological polar surface area (TPSA) is 41.5 Å². The number of aliphatic hydroxyl groups excluding tert-OH is 1. The molecule has 0 bridgehead atoms. The molecule has 1 unspecified atom stereocenters. The van der Waals surface area contributed by atoms with E-state index in [0.29, 0.717) is 12.6 Å². The summed E-state index contributed by atoms with van der Waals surface area (Å²) in [6.45, 7) is 5.66. The highest BCUT2D eigenvalue weighted by molar-refractivity contribution is 5.39. The third kappa shape index (κ3) is 3.72. The van der Waals surface area contributed by atoms with Crippen LogP contribution in [-0.4, -0.2) is 30.4 Å². The summed E-state index contributed by atoms with van der Waals surface area (Å²) >= 11 is 0. The van der Waals surface area contributed by atoms with Gasteiger partial charge in [-0.25, -0.2) is 0 Å². The van der Waals surface area contributed by atoms with Crippen molar-refractivity contribution in [1.82, 2.24) is 5.32 Å². The van der Waals surface area contributed by atoms with Crippen LogP contribution >= 0.6 is 0 Å². The van der Waals surface area contributed by atoms with Gasteiger partial charge in [-0.3, -0.25) is 0 Å². The molecule has 0 fully saturated rings. The van der Waals surface area contributed by atoms with Gasteiger partial charge in [0.15, 0.2) is 0 Å². The molecular weight excluding hydrogens is 226 g/mol. The number of benzene rings is 1. The van der Waals surface area contributed by atoms with Crippen LogP contribution in [0, 0.1) is 0 Å². The summed E-state index contributed by atoms with van der Waals surface area (Å²) in [4.78, 5) is 0. The van der Waals surface area contributed by atoms with E-state index in [4.69, 9.17) is 4.74 Å². The number of aliphatic hydroxyl groups is 1. The van der Waals surface area contributed by atoms with Crippen LogP contribution in [0.3, 0.4) is 0 Å². The normalized spacial score (nSPS) is 15.6. The van der Waals surface area contributed by atoms with Crippen molar-refractivity contribution < 1.29 is 9.84 Å². The largest absolute Gasteiger partial charge is 0.493 e. The van der Waals surface area contributed by atoms with Gasteiger partial charge in [0.1, 0.15) is 5.75 Å². The summed E-state index contributed by atoms with van der Waals surface area (Å²) in [6.07, 6.45) is 2.48. The SMILES string of the molecule is CC(C)NCC(O)CCc1ccc2c(c1)CCO2. The molecule has 100 valence electrons. The Hall–Kier alpha value is -1.06. The molecule has 0 saturated carbocycles. The van der Waals surface area contributed by atoms with Crippen LogP contribution in [0.15, 0.2) is 18.2 Å². The van der Waals surface area contributed by atoms with Crippen molar-refractivity contribution in [2.24, 2.45) is 0 Å². The first kappa shape index (κ1) is 13.4. The smallest absolute Gasteiger partial charge is 0.122 e. The maximum Gasteiger partial charge on any atom is 0.122 e. The van der Waals surface area contributed by atoms with Gasteiger partial charge in [0, 0.05) is 19.0 Å². The lowest BCUT2D eigenvalue weighted by molar-refractivity contribution is 0.159. The molecule has 1 heterocycles. The molecule has 1 aliphatic rings. The Labute approximate surface area is 109 Å². The van der Waals surface area contributed by atoms with Gasteiger partial charge in [-0.2, -0.15) is 0 Å². The highest BCUT2D eigenvalue weighted by Gasteiger charge is 2.12. The van der Waals surface area contributed by atoms with E-state index >= 15 is 0 Å². The van der Waals surface area contributed by atoms with Gasteiger partial charge in [0.05, 0.1) is 12.7 Å². The maximum atomic E-state index is 9.87. The molecule has 2 rings (SSSR count). The van der Waals surface area contributed by atoms with Crippen molar-refractivity contribution in [3.8, 4) is 5.75 Å². The summed E-state index contributed by atoms with van der Waals surface area (Å²) in [5.74, 6) is 1.03. The monoisotopic (exact) mass is 249 g/mol. The zero-order valence-electron chi connectivity index (χ0n) is 11.3. The Balaban J connectivity index is 1.79. The molecule has 0 aliphatic carbocycles. The fourth-order valence-corrected chi connectivity index (χ4v) is 2.20. The second-order valence-corrected chi connectivity index (χ2v) is 5.30. The third-order valence-corrected chi connectivity index (χ3v) is 3.28. The van der Waals surface area contributed by atoms with Crippen molar-refractivity contribution in [3.63, 3.8) is 0 Å². The highest BCUT2D eigenvalue weighted by Crippen LogP contribution is 2.26. The highest BCUT2D eigenvalue weighted by atomic mass is 16.5. The van der Waals surface area contributed by atoms with Gasteiger partial charge >= 0.3 is 0 Å². The van der Waals surface area contributed by atoms with E-state index < -0.39 is 0 Å². The molecule has 0 saturated heterocycles. The summed E-state index contributed by atoms with van der Waals surface area (Å²) in [6, 6.07) is 6.80. The van der Waals surface area contributed by atoms with E-state index in [-0.39, 0.29) is 6.10 Å². The fraction of sp³-hybridized carbons (Fsp3) is 0.600. The Morgan fingerprint density at radius 3 is 3.00 bits per heavy atom. The van der Waals surface area contributed by atoms with Crippen molar-refractivity contribution in [3.05, 3.63) is 29.3 Å². The van der Waals surface area contributed by atoms with Crippen LogP contribution in [-0.2, 0) is 12.8 Å². The molecule has 0 amide bonds. The molecule has 1 atom stereocenters. The number of aryl methyl sites for hydroxylation is 1. The van der Waals surface area contributed by atoms with Crippen molar-refractivity contribution >= 4 is 0 Å². The summed E-state index contributed by atoms with van der Waals surface area (Å²) in [7, 11) is 0. The minimum Gasteiger partial charge on any atom is -0.493 e. The van der Waals surface area contributed by atoms with Crippen LogP contribution in [0.1, 0.15) is 31.4 Å². The molecule has 3 heteroatoms. The number of rotatable bonds is 6. The Morgan fingerprint density at radius 1 is 1.39 bits per heavy atom. The second-order valence-electron chi connectivity index (χ2n) is 5.30. The Morgan fingerprint density at radius 2 is 2.22 bits per heavy atom. The van der Waals surface area contributed by atoms with Crippen LogP contribution in [0.25, 0.3) is 0 Å². The lowest BCUT2D eigenvalue weighted by Crippen LogP contribution is -2.32. The first-order chi connectivity index (χ1) is 8.65. The van der Waals surface area contributed by atoms with E-state index in [1.807, 2.05) is 0 Å². The number of ether oxygens (including phenoxy) is 1. The van der Waals surface area contributed by atoms with Crippen molar-refractivity contribution in [1.29, 1.82) is 0 Å². The summed E-state index contributed by atoms with van der Waals surface area (Å²) < 4.78 is 5.48. The Bertz CT molecular complexity index is 390. The minimum absolute atomic E-state index is 0.267. The summed E-state index contributed by atoms with van der Waals surface area (Å²) in [5, 5.41) is 13.1. The number of fused-ring (bicyclic) bond motifs is 1. The van der Waals surface area contributed by atoms with E-state index in [1.54, 1.807) is 0 Å². The zero-order valence-corrected chi connectivity index (χ0v) is 11.3. The molecular formula is C15H23NO2. The van der Waals surface area contributed by atoms with Gasteiger partial charge in [0.2, 0.25) is 0 Å². The van der Waals surface area contributed by atoms with E-state index in [9.17, 15) is 5.11 Å². The van der Waals surface area contributed by atoms with Gasteiger partial charge < -0.3 is 15.2 Å². The zero-order chi connectivity index (χ0) is 13.0. The third-order valence-electron chi connectivity index (χ3n) is 3.28. The molecule has 1 aliphatic heterocycles. The van der Waals surface area contributed by atoms with E-state index in [2.05, 4.69) is 37.4 Å².